The second kappa shape index (κ2) is 7.38. The van der Waals surface area contributed by atoms with Crippen LogP contribution < -0.4 is 16.2 Å². The Bertz CT molecular complexity index is 737. The van der Waals surface area contributed by atoms with Gasteiger partial charge in [-0.3, -0.25) is 4.79 Å². The number of nitrogen functional groups attached to an aromatic ring is 1. The van der Waals surface area contributed by atoms with Gasteiger partial charge in [-0.25, -0.2) is 9.97 Å². The van der Waals surface area contributed by atoms with Gasteiger partial charge in [-0.1, -0.05) is 0 Å². The number of methoxy groups -OCH3 is 1. The van der Waals surface area contributed by atoms with Crippen LogP contribution in [0.5, 0.6) is 5.75 Å². The first-order chi connectivity index (χ1) is 10.9. The fourth-order valence-electron chi connectivity index (χ4n) is 2.10. The van der Waals surface area contributed by atoms with E-state index < -0.39 is 5.91 Å². The Kier molecular flexibility index (Phi) is 5.51. The minimum absolute atomic E-state index is 0.0824. The molecule has 0 aliphatic rings. The number of nitrogens with zero attached hydrogens (tertiary/aromatic N) is 2. The third kappa shape index (κ3) is 3.96. The first-order valence-corrected chi connectivity index (χ1v) is 7.59. The molecule has 0 fully saturated rings. The van der Waals surface area contributed by atoms with Gasteiger partial charge in [-0.05, 0) is 41.1 Å². The third-order valence-corrected chi connectivity index (χ3v) is 3.72. The molecule has 1 aromatic carbocycles. The number of halogens is 1. The number of rotatable bonds is 6. The number of benzene rings is 1. The zero-order valence-corrected chi connectivity index (χ0v) is 14.4. The summed E-state index contributed by atoms with van der Waals surface area (Å²) in [7, 11) is 1.61. The molecule has 0 unspecified atom stereocenters. The number of hydrogen-bond donors (Lipinski definition) is 2. The Morgan fingerprint density at radius 1 is 1.30 bits per heavy atom. The van der Waals surface area contributed by atoms with E-state index in [9.17, 15) is 4.79 Å². The Balaban J connectivity index is 2.43. The predicted molar refractivity (Wildman–Crippen MR) is 90.2 cm³/mol. The van der Waals surface area contributed by atoms with Crippen LogP contribution >= 0.6 is 15.9 Å². The van der Waals surface area contributed by atoms with Crippen LogP contribution in [-0.4, -0.2) is 36.2 Å². The molecule has 0 aliphatic carbocycles. The van der Waals surface area contributed by atoms with Crippen molar-refractivity contribution in [3.8, 4) is 17.0 Å². The molecule has 0 saturated carbocycles. The van der Waals surface area contributed by atoms with Gasteiger partial charge in [-0.15, -0.1) is 0 Å². The molecule has 4 N–H and O–H groups in total. The average molecular weight is 381 g/mol. The summed E-state index contributed by atoms with van der Waals surface area (Å²) in [6.45, 7) is 2.58. The normalized spacial score (nSPS) is 10.6. The lowest BCUT2D eigenvalue weighted by Gasteiger charge is -2.12. The lowest BCUT2D eigenvalue weighted by Crippen LogP contribution is -2.17. The van der Waals surface area contributed by atoms with Crippen molar-refractivity contribution in [1.29, 1.82) is 0 Å². The number of carbonyl (C=O) groups is 1. The number of aromatic nitrogens is 2. The zero-order valence-electron chi connectivity index (χ0n) is 12.8. The highest BCUT2D eigenvalue weighted by molar-refractivity contribution is 9.10. The molecule has 23 heavy (non-hydrogen) atoms. The maximum Gasteiger partial charge on any atom is 0.252 e. The van der Waals surface area contributed by atoms with E-state index in [4.69, 9.17) is 20.9 Å². The van der Waals surface area contributed by atoms with Crippen molar-refractivity contribution in [3.63, 3.8) is 0 Å². The Hall–Kier alpha value is -2.19. The van der Waals surface area contributed by atoms with E-state index in [1.165, 1.54) is 0 Å². The molecule has 2 rings (SSSR count). The summed E-state index contributed by atoms with van der Waals surface area (Å²) in [5.74, 6) is 0.137. The molecule has 0 bridgehead atoms. The SMILES string of the molecule is COCCOc1ccc(-c2nc(N)nc(C)c2C(N)=O)cc1Br. The molecule has 122 valence electrons. The molecule has 1 heterocycles. The fourth-order valence-corrected chi connectivity index (χ4v) is 2.59. The summed E-state index contributed by atoms with van der Waals surface area (Å²) >= 11 is 3.44. The number of primary amides is 1. The van der Waals surface area contributed by atoms with Crippen molar-refractivity contribution >= 4 is 27.8 Å². The fraction of sp³-hybridized carbons (Fsp3) is 0.267. The van der Waals surface area contributed by atoms with Crippen molar-refractivity contribution in [2.24, 2.45) is 5.73 Å². The number of hydrogen-bond acceptors (Lipinski definition) is 6. The lowest BCUT2D eigenvalue weighted by molar-refractivity contribution is 0.0999. The van der Waals surface area contributed by atoms with Gasteiger partial charge in [0, 0.05) is 12.7 Å². The van der Waals surface area contributed by atoms with E-state index in [1.807, 2.05) is 0 Å². The van der Waals surface area contributed by atoms with E-state index in [0.29, 0.717) is 35.9 Å². The zero-order chi connectivity index (χ0) is 17.0. The quantitative estimate of drug-likeness (QED) is 0.739. The molecule has 7 nitrogen and oxygen atoms in total. The maximum absolute atomic E-state index is 11.7. The molecule has 0 aliphatic heterocycles. The van der Waals surface area contributed by atoms with Crippen molar-refractivity contribution < 1.29 is 14.3 Å². The largest absolute Gasteiger partial charge is 0.490 e. The second-order valence-corrected chi connectivity index (χ2v) is 5.60. The maximum atomic E-state index is 11.7. The average Bonchev–Trinajstić information content (AvgIpc) is 2.47. The van der Waals surface area contributed by atoms with Gasteiger partial charge in [0.1, 0.15) is 12.4 Å². The molecule has 0 radical (unpaired) electrons. The highest BCUT2D eigenvalue weighted by Crippen LogP contribution is 2.32. The van der Waals surface area contributed by atoms with Crippen LogP contribution in [0.3, 0.4) is 0 Å². The molecular formula is C15H17BrN4O3. The van der Waals surface area contributed by atoms with Gasteiger partial charge in [0.05, 0.1) is 28.0 Å². The monoisotopic (exact) mass is 380 g/mol. The van der Waals surface area contributed by atoms with E-state index in [1.54, 1.807) is 32.2 Å². The van der Waals surface area contributed by atoms with Crippen molar-refractivity contribution in [2.75, 3.05) is 26.1 Å². The van der Waals surface area contributed by atoms with Crippen LogP contribution in [0.25, 0.3) is 11.3 Å². The standard InChI is InChI=1S/C15H17BrN4O3/c1-8-12(14(17)21)13(20-15(18)19-8)9-3-4-11(10(16)7-9)23-6-5-22-2/h3-4,7H,5-6H2,1-2H3,(H2,17,21)(H2,18,19,20). The van der Waals surface area contributed by atoms with E-state index >= 15 is 0 Å². The summed E-state index contributed by atoms with van der Waals surface area (Å²) < 4.78 is 11.2. The molecule has 0 atom stereocenters. The van der Waals surface area contributed by atoms with Gasteiger partial charge in [-0.2, -0.15) is 0 Å². The van der Waals surface area contributed by atoms with E-state index in [2.05, 4.69) is 25.9 Å². The van der Waals surface area contributed by atoms with Crippen LogP contribution in [-0.2, 0) is 4.74 Å². The van der Waals surface area contributed by atoms with Crippen molar-refractivity contribution in [1.82, 2.24) is 9.97 Å². The highest BCUT2D eigenvalue weighted by atomic mass is 79.9. The molecular weight excluding hydrogens is 364 g/mol. The second-order valence-electron chi connectivity index (χ2n) is 4.74. The highest BCUT2D eigenvalue weighted by Gasteiger charge is 2.18. The number of nitrogens with two attached hydrogens (primary N) is 2. The number of carbonyl (C=O) groups excluding carboxylic acids is 1. The van der Waals surface area contributed by atoms with Crippen LogP contribution in [0.2, 0.25) is 0 Å². The van der Waals surface area contributed by atoms with Crippen LogP contribution in [0.1, 0.15) is 16.1 Å². The summed E-state index contributed by atoms with van der Waals surface area (Å²) in [4.78, 5) is 19.8. The summed E-state index contributed by atoms with van der Waals surface area (Å²) in [5, 5.41) is 0. The Labute approximate surface area is 142 Å². The first-order valence-electron chi connectivity index (χ1n) is 6.79. The van der Waals surface area contributed by atoms with E-state index in [-0.39, 0.29) is 11.5 Å². The van der Waals surface area contributed by atoms with Gasteiger partial charge in [0.25, 0.3) is 5.91 Å². The van der Waals surface area contributed by atoms with Crippen molar-refractivity contribution in [3.05, 3.63) is 33.9 Å². The molecule has 2 aromatic rings. The number of ether oxygens (including phenoxy) is 2. The molecule has 1 amide bonds. The van der Waals surface area contributed by atoms with Gasteiger partial charge in [0.2, 0.25) is 5.95 Å². The summed E-state index contributed by atoms with van der Waals surface area (Å²) in [5.41, 5.74) is 12.9. The van der Waals surface area contributed by atoms with Gasteiger partial charge in [0.15, 0.2) is 0 Å². The van der Waals surface area contributed by atoms with Crippen LogP contribution in [0.15, 0.2) is 22.7 Å². The lowest BCUT2D eigenvalue weighted by atomic mass is 10.0. The minimum atomic E-state index is -0.603. The summed E-state index contributed by atoms with van der Waals surface area (Å²) in [6, 6.07) is 5.34. The third-order valence-electron chi connectivity index (χ3n) is 3.10. The first kappa shape index (κ1) is 17.2. The van der Waals surface area contributed by atoms with Gasteiger partial charge < -0.3 is 20.9 Å². The molecule has 8 heteroatoms. The number of amides is 1. The molecule has 0 spiro atoms. The smallest absolute Gasteiger partial charge is 0.252 e. The van der Waals surface area contributed by atoms with E-state index in [0.717, 1.165) is 4.47 Å². The Morgan fingerprint density at radius 2 is 2.04 bits per heavy atom. The number of anilines is 1. The van der Waals surface area contributed by atoms with Crippen LogP contribution in [0.4, 0.5) is 5.95 Å². The molecule has 1 aromatic heterocycles. The molecule has 0 saturated heterocycles. The van der Waals surface area contributed by atoms with Crippen molar-refractivity contribution in [2.45, 2.75) is 6.92 Å². The Morgan fingerprint density at radius 3 is 2.65 bits per heavy atom. The predicted octanol–water partition coefficient (Wildman–Crippen LogP) is 1.92. The number of aryl methyl sites for hydroxylation is 1. The van der Waals surface area contributed by atoms with Crippen LogP contribution in [0, 0.1) is 6.92 Å². The topological polar surface area (TPSA) is 113 Å². The van der Waals surface area contributed by atoms with Gasteiger partial charge >= 0.3 is 0 Å². The summed E-state index contributed by atoms with van der Waals surface area (Å²) in [6.07, 6.45) is 0. The minimum Gasteiger partial charge on any atom is -0.490 e.